The highest BCUT2D eigenvalue weighted by molar-refractivity contribution is 8.27. The highest BCUT2D eigenvalue weighted by Crippen LogP contribution is 2.33. The lowest BCUT2D eigenvalue weighted by Crippen LogP contribution is -2.35. The summed E-state index contributed by atoms with van der Waals surface area (Å²) in [6.45, 7) is 10.8. The van der Waals surface area contributed by atoms with Crippen molar-refractivity contribution in [3.63, 3.8) is 0 Å². The van der Waals surface area contributed by atoms with E-state index in [0.717, 1.165) is 22.8 Å². The van der Waals surface area contributed by atoms with Crippen LogP contribution in [0, 0.1) is 11.3 Å². The Kier molecular flexibility index (Phi) is 8.45. The molecule has 2 aromatic rings. The quantitative estimate of drug-likeness (QED) is 0.238. The third-order valence-corrected chi connectivity index (χ3v) is 6.69. The first-order chi connectivity index (χ1) is 17.9. The van der Waals surface area contributed by atoms with Gasteiger partial charge >= 0.3 is 0 Å². The summed E-state index contributed by atoms with van der Waals surface area (Å²) in [5, 5.41) is 15.7. The van der Waals surface area contributed by atoms with Crippen molar-refractivity contribution in [2.24, 2.45) is 16.0 Å². The molecule has 0 fully saturated rings. The number of amidine groups is 2. The van der Waals surface area contributed by atoms with E-state index in [1.54, 1.807) is 18.2 Å². The Hall–Kier alpha value is -3.85. The summed E-state index contributed by atoms with van der Waals surface area (Å²) in [5.74, 6) is 1.65. The molecule has 0 unspecified atom stereocenters. The molecular formula is C28H30N4O4S. The maximum absolute atomic E-state index is 12.7. The monoisotopic (exact) mass is 518 g/mol. The van der Waals surface area contributed by atoms with Gasteiger partial charge in [-0.2, -0.15) is 15.1 Å². The number of ether oxygens (including phenoxy) is 3. The zero-order valence-electron chi connectivity index (χ0n) is 21.2. The fraction of sp³-hybridized carbons (Fsp3) is 0.286. The summed E-state index contributed by atoms with van der Waals surface area (Å²) in [7, 11) is 0. The molecule has 0 aromatic heterocycles. The lowest BCUT2D eigenvalue weighted by molar-refractivity contribution is -0.114. The predicted octanol–water partition coefficient (Wildman–Crippen LogP) is 5.55. The first kappa shape index (κ1) is 26.2. The summed E-state index contributed by atoms with van der Waals surface area (Å²) in [6, 6.07) is 13.2. The van der Waals surface area contributed by atoms with Gasteiger partial charge in [0, 0.05) is 5.92 Å². The number of carbonyl (C=O) groups is 1. The molecule has 2 aliphatic heterocycles. The summed E-state index contributed by atoms with van der Waals surface area (Å²) in [6.07, 6.45) is 4.21. The van der Waals surface area contributed by atoms with Crippen molar-refractivity contribution in [2.45, 2.75) is 27.2 Å². The molecule has 37 heavy (non-hydrogen) atoms. The molecule has 2 aliphatic rings. The molecular weight excluding hydrogens is 488 g/mol. The van der Waals surface area contributed by atoms with Crippen LogP contribution in [0.15, 0.2) is 70.8 Å². The molecule has 0 saturated carbocycles. The van der Waals surface area contributed by atoms with Crippen LogP contribution in [-0.4, -0.2) is 46.8 Å². The van der Waals surface area contributed by atoms with Crippen molar-refractivity contribution < 1.29 is 19.0 Å². The van der Waals surface area contributed by atoms with Gasteiger partial charge in [-0.05, 0) is 60.5 Å². The topological polar surface area (TPSA) is 96.6 Å². The molecule has 2 heterocycles. The Morgan fingerprint density at radius 2 is 1.84 bits per heavy atom. The summed E-state index contributed by atoms with van der Waals surface area (Å²) in [5.41, 5.74) is 1.93. The van der Waals surface area contributed by atoms with Gasteiger partial charge in [-0.25, -0.2) is 0 Å². The third kappa shape index (κ3) is 6.11. The fourth-order valence-corrected chi connectivity index (χ4v) is 4.57. The lowest BCUT2D eigenvalue weighted by atomic mass is 10.1. The van der Waals surface area contributed by atoms with Gasteiger partial charge in [0.2, 0.25) is 5.17 Å². The Morgan fingerprint density at radius 1 is 1.08 bits per heavy atom. The number of nitrogens with one attached hydrogen (secondary N) is 1. The van der Waals surface area contributed by atoms with Crippen LogP contribution in [0.5, 0.6) is 17.2 Å². The van der Waals surface area contributed by atoms with E-state index < -0.39 is 5.91 Å². The van der Waals surface area contributed by atoms with E-state index in [4.69, 9.17) is 19.6 Å². The van der Waals surface area contributed by atoms with Crippen molar-refractivity contribution in [1.29, 1.82) is 5.41 Å². The minimum Gasteiger partial charge on any atom is -0.490 e. The molecule has 0 atom stereocenters. The molecule has 8 nitrogen and oxygen atoms in total. The number of allylic oxidation sites excluding steroid dienone is 1. The fourth-order valence-electron chi connectivity index (χ4n) is 3.68. The van der Waals surface area contributed by atoms with Crippen LogP contribution in [0.3, 0.4) is 0 Å². The van der Waals surface area contributed by atoms with Crippen LogP contribution >= 0.6 is 11.8 Å². The molecule has 192 valence electrons. The molecule has 9 heteroatoms. The number of nitrogens with zero attached hydrogens (tertiary/aromatic N) is 3. The van der Waals surface area contributed by atoms with Crippen molar-refractivity contribution in [2.75, 3.05) is 19.8 Å². The van der Waals surface area contributed by atoms with Crippen LogP contribution in [0.2, 0.25) is 0 Å². The van der Waals surface area contributed by atoms with Crippen LogP contribution in [0.25, 0.3) is 6.08 Å². The Bertz CT molecular complexity index is 1300. The maximum atomic E-state index is 12.7. The number of hydrogen-bond acceptors (Lipinski definition) is 7. The van der Waals surface area contributed by atoms with Crippen molar-refractivity contribution in [3.8, 4) is 17.2 Å². The van der Waals surface area contributed by atoms with Gasteiger partial charge in [0.05, 0.1) is 12.2 Å². The first-order valence-electron chi connectivity index (χ1n) is 12.1. The summed E-state index contributed by atoms with van der Waals surface area (Å²) < 4.78 is 17.6. The number of hydrogen-bond donors (Lipinski definition) is 1. The molecule has 0 bridgehead atoms. The van der Waals surface area contributed by atoms with E-state index in [0.29, 0.717) is 42.1 Å². The molecule has 0 saturated heterocycles. The number of fused-ring (bicyclic) bond motifs is 1. The number of para-hydroxylation sites is 1. The molecule has 2 aromatic carbocycles. The van der Waals surface area contributed by atoms with Crippen LogP contribution in [0.1, 0.15) is 31.9 Å². The van der Waals surface area contributed by atoms with Gasteiger partial charge < -0.3 is 14.2 Å². The summed E-state index contributed by atoms with van der Waals surface area (Å²) in [4.78, 5) is 16.8. The van der Waals surface area contributed by atoms with Gasteiger partial charge in [0.25, 0.3) is 5.91 Å². The second kappa shape index (κ2) is 11.9. The van der Waals surface area contributed by atoms with Gasteiger partial charge in [-0.3, -0.25) is 10.2 Å². The smallest absolute Gasteiger partial charge is 0.283 e. The number of rotatable bonds is 11. The second-order valence-corrected chi connectivity index (χ2v) is 9.54. The number of thioether (sulfide) groups is 1. The molecule has 0 aliphatic carbocycles. The zero-order valence-corrected chi connectivity index (χ0v) is 22.0. The number of benzene rings is 2. The number of carbonyl (C=O) groups excluding carboxylic acids is 1. The van der Waals surface area contributed by atoms with Crippen LogP contribution in [0.4, 0.5) is 0 Å². The third-order valence-electron chi connectivity index (χ3n) is 5.48. The normalized spacial score (nSPS) is 16.0. The van der Waals surface area contributed by atoms with Gasteiger partial charge in [0.1, 0.15) is 24.0 Å². The average molecular weight is 519 g/mol. The van der Waals surface area contributed by atoms with Gasteiger partial charge in [0.15, 0.2) is 17.3 Å². The minimum absolute atomic E-state index is 0.00493. The highest BCUT2D eigenvalue weighted by atomic mass is 32.2. The standard InChI is InChI=1S/C28H30N4O4S/c1-5-9-20-10-7-8-11-22(20)35-14-15-36-23-13-12-19(17-24(23)34-6-2)16-21-25(29)32-28(30-26(21)33)37-27(31-32)18(3)4/h5,7-8,10-13,16-18,29H,1,6,9,14-15H2,2-4H3/b21-16-,29-25?. The molecule has 4 rings (SSSR count). The second-order valence-electron chi connectivity index (χ2n) is 8.55. The Labute approximate surface area is 221 Å². The largest absolute Gasteiger partial charge is 0.490 e. The lowest BCUT2D eigenvalue weighted by Gasteiger charge is -2.20. The predicted molar refractivity (Wildman–Crippen MR) is 149 cm³/mol. The molecule has 0 radical (unpaired) electrons. The molecule has 1 N–H and O–H groups in total. The van der Waals surface area contributed by atoms with Crippen LogP contribution < -0.4 is 14.2 Å². The van der Waals surface area contributed by atoms with Crippen molar-refractivity contribution >= 4 is 39.8 Å². The van der Waals surface area contributed by atoms with Crippen LogP contribution in [-0.2, 0) is 11.2 Å². The van der Waals surface area contributed by atoms with Gasteiger partial charge in [-0.1, -0.05) is 44.2 Å². The Balaban J connectivity index is 1.46. The van der Waals surface area contributed by atoms with Crippen molar-refractivity contribution in [1.82, 2.24) is 5.01 Å². The molecule has 1 amide bonds. The Morgan fingerprint density at radius 3 is 2.57 bits per heavy atom. The van der Waals surface area contributed by atoms with Gasteiger partial charge in [-0.15, -0.1) is 6.58 Å². The number of amides is 1. The number of aliphatic imine (C=N–C) groups is 1. The van der Waals surface area contributed by atoms with E-state index in [-0.39, 0.29) is 17.3 Å². The summed E-state index contributed by atoms with van der Waals surface area (Å²) >= 11 is 1.33. The SMILES string of the molecule is C=CCc1ccccc1OCCOc1ccc(/C=C2/C(=N)N3N=C(C(C)C)SC3=NC2=O)cc1OCC. The minimum atomic E-state index is -0.462. The zero-order chi connectivity index (χ0) is 26.4. The van der Waals surface area contributed by atoms with Crippen molar-refractivity contribution in [3.05, 3.63) is 71.8 Å². The van der Waals surface area contributed by atoms with E-state index in [9.17, 15) is 4.79 Å². The number of hydrazone groups is 1. The maximum Gasteiger partial charge on any atom is 0.283 e. The van der Waals surface area contributed by atoms with E-state index in [2.05, 4.69) is 16.7 Å². The highest BCUT2D eigenvalue weighted by Gasteiger charge is 2.36. The van der Waals surface area contributed by atoms with E-state index in [1.165, 1.54) is 16.8 Å². The first-order valence-corrected chi connectivity index (χ1v) is 12.9. The van der Waals surface area contributed by atoms with E-state index in [1.807, 2.05) is 57.2 Å². The molecule has 0 spiro atoms. The average Bonchev–Trinajstić information content (AvgIpc) is 3.31. The van der Waals surface area contributed by atoms with E-state index >= 15 is 0 Å².